The molecule has 1 aromatic carbocycles. The number of aliphatic hydroxyl groups excluding tert-OH is 1. The second-order valence-electron chi connectivity index (χ2n) is 4.70. The maximum Gasteiger partial charge on any atom is 0.129 e. The third kappa shape index (κ3) is 2.15. The zero-order valence-electron chi connectivity index (χ0n) is 10.5. The van der Waals surface area contributed by atoms with Crippen LogP contribution in [0, 0.1) is 0 Å². The van der Waals surface area contributed by atoms with Crippen LogP contribution in [-0.2, 0) is 0 Å². The Hall–Kier alpha value is -2.07. The third-order valence-corrected chi connectivity index (χ3v) is 3.58. The summed E-state index contributed by atoms with van der Waals surface area (Å²) in [5.74, 6) is 1.23. The van der Waals surface area contributed by atoms with Gasteiger partial charge in [0.25, 0.3) is 0 Å². The van der Waals surface area contributed by atoms with E-state index in [1.807, 2.05) is 30.3 Å². The monoisotopic (exact) mass is 256 g/mol. The first-order valence-corrected chi connectivity index (χ1v) is 6.37. The van der Waals surface area contributed by atoms with Crippen LogP contribution in [-0.4, -0.2) is 16.7 Å². The van der Waals surface area contributed by atoms with Gasteiger partial charge in [-0.25, -0.2) is 4.98 Å². The Bertz CT molecular complexity index is 586. The number of benzene rings is 1. The maximum absolute atomic E-state index is 10.6. The van der Waals surface area contributed by atoms with Gasteiger partial charge in [-0.1, -0.05) is 24.3 Å². The molecule has 2 aromatic rings. The second-order valence-corrected chi connectivity index (χ2v) is 4.70. The van der Waals surface area contributed by atoms with Crippen LogP contribution in [0.4, 0.5) is 5.82 Å². The summed E-state index contributed by atoms with van der Waals surface area (Å²) < 4.78 is 5.61. The van der Waals surface area contributed by atoms with Crippen LogP contribution in [0.1, 0.15) is 29.6 Å². The Morgan fingerprint density at radius 3 is 2.95 bits per heavy atom. The molecular weight excluding hydrogens is 240 g/mol. The normalized spacial score (nSPS) is 19.3. The molecule has 1 aliphatic heterocycles. The van der Waals surface area contributed by atoms with Crippen LogP contribution in [0.2, 0.25) is 0 Å². The summed E-state index contributed by atoms with van der Waals surface area (Å²) in [6.45, 7) is 0.610. The van der Waals surface area contributed by atoms with Gasteiger partial charge in [-0.3, -0.25) is 0 Å². The van der Waals surface area contributed by atoms with E-state index in [4.69, 9.17) is 10.5 Å². The summed E-state index contributed by atoms with van der Waals surface area (Å²) in [6, 6.07) is 11.4. The molecule has 98 valence electrons. The van der Waals surface area contributed by atoms with E-state index in [-0.39, 0.29) is 5.92 Å². The first-order valence-electron chi connectivity index (χ1n) is 6.37. The van der Waals surface area contributed by atoms with E-state index in [1.165, 1.54) is 0 Å². The lowest BCUT2D eigenvalue weighted by Gasteiger charge is -2.29. The van der Waals surface area contributed by atoms with E-state index < -0.39 is 6.10 Å². The van der Waals surface area contributed by atoms with E-state index in [2.05, 4.69) is 4.98 Å². The molecule has 0 saturated heterocycles. The highest BCUT2D eigenvalue weighted by atomic mass is 16.5. The highest BCUT2D eigenvalue weighted by molar-refractivity contribution is 5.45. The lowest BCUT2D eigenvalue weighted by molar-refractivity contribution is 0.117. The number of pyridine rings is 1. The van der Waals surface area contributed by atoms with Crippen molar-refractivity contribution >= 4 is 5.82 Å². The molecule has 2 unspecified atom stereocenters. The van der Waals surface area contributed by atoms with Crippen LogP contribution in [0.25, 0.3) is 0 Å². The molecule has 0 spiro atoms. The fourth-order valence-corrected chi connectivity index (χ4v) is 2.59. The summed E-state index contributed by atoms with van der Waals surface area (Å²) in [4.78, 5) is 4.04. The fraction of sp³-hybridized carbons (Fsp3) is 0.267. The number of anilines is 1. The van der Waals surface area contributed by atoms with Crippen molar-refractivity contribution in [2.75, 3.05) is 12.3 Å². The Kier molecular flexibility index (Phi) is 3.09. The van der Waals surface area contributed by atoms with Gasteiger partial charge in [0.1, 0.15) is 11.6 Å². The minimum Gasteiger partial charge on any atom is -0.493 e. The van der Waals surface area contributed by atoms with Gasteiger partial charge in [0.05, 0.1) is 12.7 Å². The number of aliphatic hydroxyl groups is 1. The summed E-state index contributed by atoms with van der Waals surface area (Å²) in [6.07, 6.45) is 1.74. The highest BCUT2D eigenvalue weighted by Gasteiger charge is 2.29. The van der Waals surface area contributed by atoms with Crippen LogP contribution in [0.5, 0.6) is 5.75 Å². The standard InChI is InChI=1S/C15H16N2O2/c16-15-12(5-3-8-17-15)14(18)11-7-9-19-13-6-2-1-4-10(11)13/h1-6,8,11,14,18H,7,9H2,(H2,16,17). The number of para-hydroxylation sites is 1. The van der Waals surface area contributed by atoms with E-state index >= 15 is 0 Å². The fourth-order valence-electron chi connectivity index (χ4n) is 2.59. The number of aromatic nitrogens is 1. The molecule has 2 heterocycles. The number of nitrogens with zero attached hydrogens (tertiary/aromatic N) is 1. The number of nitrogens with two attached hydrogens (primary N) is 1. The van der Waals surface area contributed by atoms with Crippen molar-refractivity contribution < 1.29 is 9.84 Å². The molecule has 19 heavy (non-hydrogen) atoms. The molecule has 0 bridgehead atoms. The van der Waals surface area contributed by atoms with Crippen molar-refractivity contribution in [3.05, 3.63) is 53.7 Å². The second kappa shape index (κ2) is 4.90. The zero-order chi connectivity index (χ0) is 13.2. The molecule has 3 rings (SSSR count). The lowest BCUT2D eigenvalue weighted by Crippen LogP contribution is -2.20. The topological polar surface area (TPSA) is 68.4 Å². The average molecular weight is 256 g/mol. The van der Waals surface area contributed by atoms with Gasteiger partial charge >= 0.3 is 0 Å². The molecule has 1 aliphatic rings. The summed E-state index contributed by atoms with van der Waals surface area (Å²) in [7, 11) is 0. The summed E-state index contributed by atoms with van der Waals surface area (Å²) in [5.41, 5.74) is 7.56. The van der Waals surface area contributed by atoms with E-state index in [9.17, 15) is 5.11 Å². The van der Waals surface area contributed by atoms with Crippen molar-refractivity contribution in [1.29, 1.82) is 0 Å². The lowest BCUT2D eigenvalue weighted by atomic mass is 9.85. The Morgan fingerprint density at radius 2 is 2.11 bits per heavy atom. The summed E-state index contributed by atoms with van der Waals surface area (Å²) >= 11 is 0. The van der Waals surface area contributed by atoms with Crippen LogP contribution in [0.15, 0.2) is 42.6 Å². The minimum atomic E-state index is -0.654. The third-order valence-electron chi connectivity index (χ3n) is 3.58. The van der Waals surface area contributed by atoms with Gasteiger partial charge in [0.2, 0.25) is 0 Å². The molecule has 0 radical (unpaired) electrons. The van der Waals surface area contributed by atoms with Crippen molar-refractivity contribution in [3.8, 4) is 5.75 Å². The van der Waals surface area contributed by atoms with E-state index in [1.54, 1.807) is 12.3 Å². The Labute approximate surface area is 111 Å². The predicted molar refractivity (Wildman–Crippen MR) is 72.9 cm³/mol. The Morgan fingerprint density at radius 1 is 1.26 bits per heavy atom. The number of hydrogen-bond acceptors (Lipinski definition) is 4. The van der Waals surface area contributed by atoms with Gasteiger partial charge in [-0.05, 0) is 18.6 Å². The van der Waals surface area contributed by atoms with Crippen molar-refractivity contribution in [2.45, 2.75) is 18.4 Å². The number of ether oxygens (including phenoxy) is 1. The molecule has 4 heteroatoms. The number of hydrogen-bond donors (Lipinski definition) is 2. The molecule has 0 fully saturated rings. The highest BCUT2D eigenvalue weighted by Crippen LogP contribution is 2.41. The molecular formula is C15H16N2O2. The van der Waals surface area contributed by atoms with Crippen molar-refractivity contribution in [2.24, 2.45) is 0 Å². The van der Waals surface area contributed by atoms with Crippen molar-refractivity contribution in [1.82, 2.24) is 4.98 Å². The molecule has 3 N–H and O–H groups in total. The van der Waals surface area contributed by atoms with E-state index in [0.29, 0.717) is 18.0 Å². The maximum atomic E-state index is 10.6. The quantitative estimate of drug-likeness (QED) is 0.864. The number of nitrogen functional groups attached to an aromatic ring is 1. The van der Waals surface area contributed by atoms with Gasteiger partial charge in [0.15, 0.2) is 0 Å². The largest absolute Gasteiger partial charge is 0.493 e. The predicted octanol–water partition coefficient (Wildman–Crippen LogP) is 2.26. The SMILES string of the molecule is Nc1ncccc1C(O)C1CCOc2ccccc21. The van der Waals surface area contributed by atoms with Gasteiger partial charge in [-0.2, -0.15) is 0 Å². The minimum absolute atomic E-state index is 0.00329. The molecule has 0 saturated carbocycles. The number of fused-ring (bicyclic) bond motifs is 1. The van der Waals surface area contributed by atoms with Gasteiger partial charge < -0.3 is 15.6 Å². The first kappa shape index (κ1) is 12.0. The molecule has 2 atom stereocenters. The van der Waals surface area contributed by atoms with Gasteiger partial charge in [0, 0.05) is 23.2 Å². The van der Waals surface area contributed by atoms with Crippen molar-refractivity contribution in [3.63, 3.8) is 0 Å². The molecule has 1 aromatic heterocycles. The van der Waals surface area contributed by atoms with Crippen LogP contribution >= 0.6 is 0 Å². The van der Waals surface area contributed by atoms with Gasteiger partial charge in [-0.15, -0.1) is 0 Å². The van der Waals surface area contributed by atoms with E-state index in [0.717, 1.165) is 17.7 Å². The van der Waals surface area contributed by atoms with Crippen LogP contribution < -0.4 is 10.5 Å². The molecule has 0 amide bonds. The van der Waals surface area contributed by atoms with Crippen LogP contribution in [0.3, 0.4) is 0 Å². The molecule has 0 aliphatic carbocycles. The average Bonchev–Trinajstić information content (AvgIpc) is 2.46. The smallest absolute Gasteiger partial charge is 0.129 e. The molecule has 4 nitrogen and oxygen atoms in total. The number of rotatable bonds is 2. The first-order chi connectivity index (χ1) is 9.27. The Balaban J connectivity index is 1.98. The zero-order valence-corrected chi connectivity index (χ0v) is 10.5. The summed E-state index contributed by atoms with van der Waals surface area (Å²) in [5, 5.41) is 10.6.